The number of rotatable bonds is 5. The van der Waals surface area contributed by atoms with Gasteiger partial charge in [-0.25, -0.2) is 0 Å². The number of anilines is 2. The number of aliphatic hydroxyl groups excluding tert-OH is 1. The van der Waals surface area contributed by atoms with Crippen LogP contribution in [0.5, 0.6) is 0 Å². The summed E-state index contributed by atoms with van der Waals surface area (Å²) in [6, 6.07) is 7.34. The lowest BCUT2D eigenvalue weighted by Gasteiger charge is -2.35. The van der Waals surface area contributed by atoms with Gasteiger partial charge in [0.25, 0.3) is 0 Å². The number of benzene rings is 1. The highest BCUT2D eigenvalue weighted by molar-refractivity contribution is 6.45. The molecule has 1 heterocycles. The van der Waals surface area contributed by atoms with E-state index in [4.69, 9.17) is 16.4 Å². The summed E-state index contributed by atoms with van der Waals surface area (Å²) in [6.07, 6.45) is 0. The van der Waals surface area contributed by atoms with Crippen LogP contribution in [0, 0.1) is 16.7 Å². The summed E-state index contributed by atoms with van der Waals surface area (Å²) in [5.74, 6) is -0.389. The first-order chi connectivity index (χ1) is 11.0. The van der Waals surface area contributed by atoms with Gasteiger partial charge in [-0.3, -0.25) is 10.8 Å². The van der Waals surface area contributed by atoms with Crippen LogP contribution in [-0.2, 0) is 6.61 Å². The Morgan fingerprint density at radius 2 is 2.13 bits per heavy atom. The Morgan fingerprint density at radius 3 is 2.70 bits per heavy atom. The summed E-state index contributed by atoms with van der Waals surface area (Å²) in [5.41, 5.74) is 10.3. The summed E-state index contributed by atoms with van der Waals surface area (Å²) >= 11 is 0. The quantitative estimate of drug-likeness (QED) is 0.348. The molecule has 1 aromatic rings. The third kappa shape index (κ3) is 4.18. The average Bonchev–Trinajstić information content (AvgIpc) is 2.56. The summed E-state index contributed by atoms with van der Waals surface area (Å²) in [5, 5.41) is 29.4. The third-order valence-corrected chi connectivity index (χ3v) is 3.74. The van der Waals surface area contributed by atoms with Crippen molar-refractivity contribution in [2.24, 2.45) is 10.8 Å². The van der Waals surface area contributed by atoms with E-state index < -0.39 is 0 Å². The number of hydrogen-bond donors (Lipinski definition) is 4. The first kappa shape index (κ1) is 16.7. The Morgan fingerprint density at radius 1 is 1.43 bits per heavy atom. The summed E-state index contributed by atoms with van der Waals surface area (Å²) in [7, 11) is 2.09. The third-order valence-electron chi connectivity index (χ3n) is 3.74. The van der Waals surface area contributed by atoms with Crippen molar-refractivity contribution < 1.29 is 5.11 Å². The second kappa shape index (κ2) is 7.58. The highest BCUT2D eigenvalue weighted by Crippen LogP contribution is 2.28. The number of nitriles is 1. The number of piperazine rings is 1. The average molecular weight is 315 g/mol. The Bertz CT molecular complexity index is 642. The van der Waals surface area contributed by atoms with Crippen molar-refractivity contribution in [3.8, 4) is 6.07 Å². The second-order valence-corrected chi connectivity index (χ2v) is 5.40. The molecule has 0 bridgehead atoms. The fourth-order valence-corrected chi connectivity index (χ4v) is 2.36. The second-order valence-electron chi connectivity index (χ2n) is 5.40. The molecule has 0 unspecified atom stereocenters. The van der Waals surface area contributed by atoms with Crippen molar-refractivity contribution in [1.82, 2.24) is 4.90 Å². The first-order valence-corrected chi connectivity index (χ1v) is 7.30. The van der Waals surface area contributed by atoms with E-state index in [1.165, 1.54) is 0 Å². The number of hydrogen-bond acceptors (Lipinski definition) is 7. The maximum absolute atomic E-state index is 9.32. The van der Waals surface area contributed by atoms with E-state index in [1.54, 1.807) is 12.1 Å². The molecule has 8 nitrogen and oxygen atoms in total. The molecule has 5 N–H and O–H groups in total. The molecule has 8 heteroatoms. The van der Waals surface area contributed by atoms with Crippen molar-refractivity contribution in [2.45, 2.75) is 6.61 Å². The largest absolute Gasteiger partial charge is 0.392 e. The SMILES string of the molecule is CN1CCN(c2ccc(CO)cc2N/N=C(\C#N)C(=N)N)CC1. The van der Waals surface area contributed by atoms with Crippen molar-refractivity contribution in [1.29, 1.82) is 10.7 Å². The van der Waals surface area contributed by atoms with E-state index in [0.29, 0.717) is 5.69 Å². The molecule has 0 saturated carbocycles. The van der Waals surface area contributed by atoms with Gasteiger partial charge < -0.3 is 20.6 Å². The number of hydrazone groups is 1. The molecular formula is C15H21N7O. The van der Waals surface area contributed by atoms with E-state index in [2.05, 4.69) is 27.4 Å². The number of nitrogens with one attached hydrogen (secondary N) is 2. The van der Waals surface area contributed by atoms with Gasteiger partial charge in [0.15, 0.2) is 5.84 Å². The van der Waals surface area contributed by atoms with Crippen LogP contribution in [0.4, 0.5) is 11.4 Å². The number of nitrogens with two attached hydrogens (primary N) is 1. The smallest absolute Gasteiger partial charge is 0.201 e. The highest BCUT2D eigenvalue weighted by atomic mass is 16.3. The van der Waals surface area contributed by atoms with Gasteiger partial charge in [-0.05, 0) is 24.7 Å². The van der Waals surface area contributed by atoms with E-state index in [0.717, 1.165) is 37.4 Å². The molecule has 0 radical (unpaired) electrons. The van der Waals surface area contributed by atoms with Crippen molar-refractivity contribution >= 4 is 22.9 Å². The number of likely N-dealkylation sites (N-methyl/N-ethyl adjacent to an activating group) is 1. The van der Waals surface area contributed by atoms with Crippen LogP contribution in [0.25, 0.3) is 0 Å². The van der Waals surface area contributed by atoms with Gasteiger partial charge in [0.2, 0.25) is 5.71 Å². The molecule has 0 atom stereocenters. The predicted molar refractivity (Wildman–Crippen MR) is 90.7 cm³/mol. The predicted octanol–water partition coefficient (Wildman–Crippen LogP) is 0.158. The standard InChI is InChI=1S/C15H21N7O/c1-21-4-6-22(7-5-21)14-3-2-11(10-23)8-12(14)19-20-13(9-16)15(17)18/h2-3,8,19,23H,4-7,10H2,1H3,(H3,17,18)/b20-13+. The van der Waals surface area contributed by atoms with Gasteiger partial charge in [0.1, 0.15) is 6.07 Å². The molecule has 122 valence electrons. The Balaban J connectivity index is 2.28. The molecule has 0 amide bonds. The molecule has 2 rings (SSSR count). The van der Waals surface area contributed by atoms with Gasteiger partial charge in [0, 0.05) is 26.2 Å². The summed E-state index contributed by atoms with van der Waals surface area (Å²) in [4.78, 5) is 4.48. The van der Waals surface area contributed by atoms with Crippen LogP contribution in [0.2, 0.25) is 0 Å². The Hall–Kier alpha value is -2.63. The van der Waals surface area contributed by atoms with Crippen LogP contribution in [0.1, 0.15) is 5.56 Å². The van der Waals surface area contributed by atoms with Crippen LogP contribution < -0.4 is 16.1 Å². The normalized spacial score (nSPS) is 16.0. The van der Waals surface area contributed by atoms with Gasteiger partial charge >= 0.3 is 0 Å². The van der Waals surface area contributed by atoms with E-state index in [9.17, 15) is 5.11 Å². The topological polar surface area (TPSA) is 125 Å². The molecule has 1 aromatic carbocycles. The molecule has 0 aliphatic carbocycles. The lowest BCUT2D eigenvalue weighted by Crippen LogP contribution is -2.44. The van der Waals surface area contributed by atoms with Crippen LogP contribution in [-0.4, -0.2) is 54.8 Å². The monoisotopic (exact) mass is 315 g/mol. The summed E-state index contributed by atoms with van der Waals surface area (Å²) in [6.45, 7) is 3.60. The lowest BCUT2D eigenvalue weighted by molar-refractivity contribution is 0.282. The van der Waals surface area contributed by atoms with Crippen molar-refractivity contribution in [3.63, 3.8) is 0 Å². The molecule has 1 aliphatic rings. The van der Waals surface area contributed by atoms with Gasteiger partial charge in [0.05, 0.1) is 18.0 Å². The zero-order valence-electron chi connectivity index (χ0n) is 13.1. The molecule has 1 aliphatic heterocycles. The number of aliphatic hydroxyl groups is 1. The van der Waals surface area contributed by atoms with Crippen molar-refractivity contribution in [3.05, 3.63) is 23.8 Å². The minimum absolute atomic E-state index is 0.0841. The van der Waals surface area contributed by atoms with Crippen LogP contribution in [0.3, 0.4) is 0 Å². The molecule has 23 heavy (non-hydrogen) atoms. The number of amidine groups is 1. The Kier molecular flexibility index (Phi) is 5.51. The molecule has 1 fully saturated rings. The van der Waals surface area contributed by atoms with Crippen LogP contribution in [0.15, 0.2) is 23.3 Å². The lowest BCUT2D eigenvalue weighted by atomic mass is 10.1. The van der Waals surface area contributed by atoms with Gasteiger partial charge in [-0.2, -0.15) is 10.4 Å². The molecule has 0 aromatic heterocycles. The van der Waals surface area contributed by atoms with E-state index >= 15 is 0 Å². The fraction of sp³-hybridized carbons (Fsp3) is 0.400. The first-order valence-electron chi connectivity index (χ1n) is 7.30. The maximum atomic E-state index is 9.32. The summed E-state index contributed by atoms with van der Waals surface area (Å²) < 4.78 is 0. The minimum Gasteiger partial charge on any atom is -0.392 e. The van der Waals surface area contributed by atoms with E-state index in [1.807, 2.05) is 12.1 Å². The zero-order valence-corrected chi connectivity index (χ0v) is 13.1. The maximum Gasteiger partial charge on any atom is 0.201 e. The van der Waals surface area contributed by atoms with E-state index in [-0.39, 0.29) is 18.2 Å². The van der Waals surface area contributed by atoms with Crippen LogP contribution >= 0.6 is 0 Å². The van der Waals surface area contributed by atoms with Gasteiger partial charge in [-0.15, -0.1) is 0 Å². The van der Waals surface area contributed by atoms with Crippen molar-refractivity contribution in [2.75, 3.05) is 43.6 Å². The van der Waals surface area contributed by atoms with Gasteiger partial charge in [-0.1, -0.05) is 6.07 Å². The number of nitrogens with zero attached hydrogens (tertiary/aromatic N) is 4. The molecule has 0 spiro atoms. The zero-order chi connectivity index (χ0) is 16.8. The fourth-order valence-electron chi connectivity index (χ4n) is 2.36. The molecular weight excluding hydrogens is 294 g/mol. The molecule has 1 saturated heterocycles. The highest BCUT2D eigenvalue weighted by Gasteiger charge is 2.17. The Labute approximate surface area is 135 Å². The minimum atomic E-state index is -0.389.